The third kappa shape index (κ3) is 4.47. The Hall–Kier alpha value is -2.41. The number of aromatic nitrogens is 1. The number of rotatable bonds is 5. The second-order valence-electron chi connectivity index (χ2n) is 8.21. The number of β-amino-alcohol motifs (C(OH)–C–C–N with tert-alkyl or cyclic N) is 1. The SMILES string of the molecule is COc1ccc2[nH]cc(C3CCN(CC(O)C4COc5ccccc5O4)CC3)c2c1.Cl. The van der Waals surface area contributed by atoms with Crippen LogP contribution in [0.3, 0.4) is 0 Å². The first-order valence-corrected chi connectivity index (χ1v) is 10.6. The number of hydrogen-bond acceptors (Lipinski definition) is 5. The number of aromatic amines is 1. The summed E-state index contributed by atoms with van der Waals surface area (Å²) >= 11 is 0. The van der Waals surface area contributed by atoms with Crippen molar-refractivity contribution in [2.45, 2.75) is 31.0 Å². The third-order valence-corrected chi connectivity index (χ3v) is 6.35. The van der Waals surface area contributed by atoms with Gasteiger partial charge in [0, 0.05) is 23.6 Å². The van der Waals surface area contributed by atoms with Gasteiger partial charge < -0.3 is 29.2 Å². The van der Waals surface area contributed by atoms with E-state index in [1.54, 1.807) is 7.11 Å². The molecule has 2 aromatic carbocycles. The molecular formula is C24H29ClN2O4. The van der Waals surface area contributed by atoms with Gasteiger partial charge in [0.25, 0.3) is 0 Å². The van der Waals surface area contributed by atoms with Gasteiger partial charge in [-0.1, -0.05) is 12.1 Å². The van der Waals surface area contributed by atoms with Crippen LogP contribution in [0.4, 0.5) is 0 Å². The topological polar surface area (TPSA) is 67.0 Å². The number of H-pyrrole nitrogens is 1. The van der Waals surface area contributed by atoms with Crippen molar-refractivity contribution in [1.82, 2.24) is 9.88 Å². The Kier molecular flexibility index (Phi) is 6.60. The van der Waals surface area contributed by atoms with E-state index in [0.717, 1.165) is 42.9 Å². The predicted molar refractivity (Wildman–Crippen MR) is 123 cm³/mol. The van der Waals surface area contributed by atoms with E-state index < -0.39 is 6.10 Å². The molecule has 1 saturated heterocycles. The molecule has 2 N–H and O–H groups in total. The zero-order chi connectivity index (χ0) is 20.5. The van der Waals surface area contributed by atoms with E-state index >= 15 is 0 Å². The van der Waals surface area contributed by atoms with Gasteiger partial charge >= 0.3 is 0 Å². The molecule has 0 spiro atoms. The first kappa shape index (κ1) is 21.8. The van der Waals surface area contributed by atoms with Crippen LogP contribution in [0, 0.1) is 0 Å². The molecule has 3 heterocycles. The fourth-order valence-electron chi connectivity index (χ4n) is 4.62. The van der Waals surface area contributed by atoms with Crippen LogP contribution < -0.4 is 14.2 Å². The van der Waals surface area contributed by atoms with Gasteiger partial charge in [0.15, 0.2) is 17.6 Å². The number of aliphatic hydroxyl groups excluding tert-OH is 1. The molecule has 2 unspecified atom stereocenters. The van der Waals surface area contributed by atoms with Gasteiger partial charge in [-0.15, -0.1) is 12.4 Å². The molecule has 166 valence electrons. The first-order chi connectivity index (χ1) is 14.7. The van der Waals surface area contributed by atoms with E-state index in [9.17, 15) is 5.11 Å². The minimum Gasteiger partial charge on any atom is -0.497 e. The van der Waals surface area contributed by atoms with E-state index in [1.807, 2.05) is 30.3 Å². The number of nitrogens with one attached hydrogen (secondary N) is 1. The minimum absolute atomic E-state index is 0. The van der Waals surface area contributed by atoms with Crippen molar-refractivity contribution in [1.29, 1.82) is 0 Å². The number of likely N-dealkylation sites (tertiary alicyclic amines) is 1. The van der Waals surface area contributed by atoms with Crippen molar-refractivity contribution < 1.29 is 19.3 Å². The van der Waals surface area contributed by atoms with Gasteiger partial charge in [-0.25, -0.2) is 0 Å². The Morgan fingerprint density at radius 2 is 1.94 bits per heavy atom. The third-order valence-electron chi connectivity index (χ3n) is 6.35. The van der Waals surface area contributed by atoms with Crippen LogP contribution in [-0.2, 0) is 0 Å². The highest BCUT2D eigenvalue weighted by atomic mass is 35.5. The lowest BCUT2D eigenvalue weighted by Crippen LogP contribution is -2.47. The van der Waals surface area contributed by atoms with E-state index in [1.165, 1.54) is 10.9 Å². The lowest BCUT2D eigenvalue weighted by Gasteiger charge is -2.36. The summed E-state index contributed by atoms with van der Waals surface area (Å²) in [4.78, 5) is 5.73. The van der Waals surface area contributed by atoms with Crippen molar-refractivity contribution in [3.8, 4) is 17.2 Å². The van der Waals surface area contributed by atoms with Gasteiger partial charge in [0.1, 0.15) is 18.5 Å². The Bertz CT molecular complexity index is 1020. The Labute approximate surface area is 188 Å². The summed E-state index contributed by atoms with van der Waals surface area (Å²) < 4.78 is 17.1. The molecule has 6 nitrogen and oxygen atoms in total. The summed E-state index contributed by atoms with van der Waals surface area (Å²) in [7, 11) is 1.71. The van der Waals surface area contributed by atoms with Crippen molar-refractivity contribution in [2.24, 2.45) is 0 Å². The van der Waals surface area contributed by atoms with E-state index in [0.29, 0.717) is 24.8 Å². The van der Waals surface area contributed by atoms with Crippen molar-refractivity contribution in [3.05, 3.63) is 54.2 Å². The summed E-state index contributed by atoms with van der Waals surface area (Å²) in [5, 5.41) is 12.0. The second-order valence-corrected chi connectivity index (χ2v) is 8.21. The maximum atomic E-state index is 10.7. The van der Waals surface area contributed by atoms with E-state index in [2.05, 4.69) is 28.2 Å². The molecule has 1 aromatic heterocycles. The van der Waals surface area contributed by atoms with E-state index in [4.69, 9.17) is 14.2 Å². The summed E-state index contributed by atoms with van der Waals surface area (Å²) in [6, 6.07) is 13.8. The maximum absolute atomic E-state index is 10.7. The monoisotopic (exact) mass is 444 g/mol. The molecule has 2 aliphatic rings. The van der Waals surface area contributed by atoms with Gasteiger partial charge in [-0.3, -0.25) is 0 Å². The van der Waals surface area contributed by atoms with Crippen molar-refractivity contribution >= 4 is 23.3 Å². The molecule has 0 aliphatic carbocycles. The van der Waals surface area contributed by atoms with E-state index in [-0.39, 0.29) is 18.5 Å². The number of piperidine rings is 1. The summed E-state index contributed by atoms with van der Waals surface area (Å²) in [5.41, 5.74) is 2.52. The number of methoxy groups -OCH3 is 1. The zero-order valence-electron chi connectivity index (χ0n) is 17.6. The fourth-order valence-corrected chi connectivity index (χ4v) is 4.62. The molecule has 2 atom stereocenters. The molecule has 3 aromatic rings. The number of halogens is 1. The Morgan fingerprint density at radius 1 is 1.16 bits per heavy atom. The van der Waals surface area contributed by atoms with Crippen LogP contribution in [0.25, 0.3) is 10.9 Å². The smallest absolute Gasteiger partial charge is 0.161 e. The molecule has 5 rings (SSSR count). The molecule has 0 saturated carbocycles. The number of benzene rings is 2. The van der Waals surface area contributed by atoms with Crippen molar-refractivity contribution in [3.63, 3.8) is 0 Å². The van der Waals surface area contributed by atoms with Crippen LogP contribution in [0.1, 0.15) is 24.3 Å². The highest BCUT2D eigenvalue weighted by Crippen LogP contribution is 2.35. The predicted octanol–water partition coefficient (Wildman–Crippen LogP) is 3.98. The van der Waals surface area contributed by atoms with Gasteiger partial charge in [-0.2, -0.15) is 0 Å². The number of aliphatic hydroxyl groups is 1. The lowest BCUT2D eigenvalue weighted by molar-refractivity contribution is -0.0280. The summed E-state index contributed by atoms with van der Waals surface area (Å²) in [6.07, 6.45) is 3.37. The quantitative estimate of drug-likeness (QED) is 0.623. The molecule has 1 fully saturated rings. The summed E-state index contributed by atoms with van der Waals surface area (Å²) in [6.45, 7) is 2.90. The number of fused-ring (bicyclic) bond motifs is 2. The summed E-state index contributed by atoms with van der Waals surface area (Å²) in [5.74, 6) is 2.86. The Morgan fingerprint density at radius 3 is 2.71 bits per heavy atom. The largest absolute Gasteiger partial charge is 0.497 e. The fraction of sp³-hybridized carbons (Fsp3) is 0.417. The molecule has 31 heavy (non-hydrogen) atoms. The average molecular weight is 445 g/mol. The average Bonchev–Trinajstić information content (AvgIpc) is 3.22. The van der Waals surface area contributed by atoms with Gasteiger partial charge in [0.2, 0.25) is 0 Å². The molecule has 7 heteroatoms. The molecule has 2 aliphatic heterocycles. The van der Waals surface area contributed by atoms with Crippen LogP contribution in [0.2, 0.25) is 0 Å². The lowest BCUT2D eigenvalue weighted by atomic mass is 9.89. The molecular weight excluding hydrogens is 416 g/mol. The van der Waals surface area contributed by atoms with Gasteiger partial charge in [0.05, 0.1) is 7.11 Å². The highest BCUT2D eigenvalue weighted by Gasteiger charge is 2.30. The minimum atomic E-state index is -0.577. The first-order valence-electron chi connectivity index (χ1n) is 10.6. The van der Waals surface area contributed by atoms with Crippen LogP contribution in [0.5, 0.6) is 17.2 Å². The van der Waals surface area contributed by atoms with Crippen molar-refractivity contribution in [2.75, 3.05) is 33.4 Å². The van der Waals surface area contributed by atoms with Crippen LogP contribution in [-0.4, -0.2) is 60.5 Å². The molecule has 0 amide bonds. The number of nitrogens with zero attached hydrogens (tertiary/aromatic N) is 1. The van der Waals surface area contributed by atoms with Gasteiger partial charge in [-0.05, 0) is 67.7 Å². The second kappa shape index (κ2) is 9.39. The zero-order valence-corrected chi connectivity index (χ0v) is 18.4. The highest BCUT2D eigenvalue weighted by molar-refractivity contribution is 5.85. The van der Waals surface area contributed by atoms with Crippen LogP contribution in [0.15, 0.2) is 48.7 Å². The Balaban J connectivity index is 0.00000231. The van der Waals surface area contributed by atoms with Crippen LogP contribution >= 0.6 is 12.4 Å². The molecule has 0 radical (unpaired) electrons. The number of para-hydroxylation sites is 2. The number of hydrogen-bond donors (Lipinski definition) is 2. The normalized spacial score (nSPS) is 20.3. The maximum Gasteiger partial charge on any atom is 0.161 e. The number of ether oxygens (including phenoxy) is 3. The standard InChI is InChI=1S/C24H28N2O4.ClH/c1-28-17-6-7-20-18(12-17)19(13-25-20)16-8-10-26(11-9-16)14-21(27)24-15-29-22-4-2-3-5-23(22)30-24;/h2-7,12-13,16,21,24-25,27H,8-11,14-15H2,1H3;1H. The molecule has 0 bridgehead atoms.